The van der Waals surface area contributed by atoms with Crippen LogP contribution >= 0.6 is 0 Å². The number of hydrogen-bond donors (Lipinski definition) is 1. The molecule has 0 fully saturated rings. The highest BCUT2D eigenvalue weighted by molar-refractivity contribution is 5.94. The molecule has 1 aliphatic heterocycles. The molecular formula is C15H14N2O2. The lowest BCUT2D eigenvalue weighted by Crippen LogP contribution is -2.28. The molecule has 1 aliphatic rings. The molecule has 0 saturated carbocycles. The lowest BCUT2D eigenvalue weighted by molar-refractivity contribution is -0.128. The summed E-state index contributed by atoms with van der Waals surface area (Å²) < 4.78 is 5.60. The van der Waals surface area contributed by atoms with Gasteiger partial charge in [-0.3, -0.25) is 4.79 Å². The van der Waals surface area contributed by atoms with Gasteiger partial charge in [0.15, 0.2) is 6.10 Å². The Labute approximate surface area is 111 Å². The third-order valence-corrected chi connectivity index (χ3v) is 3.15. The number of fused-ring (bicyclic) bond motifs is 1. The molecule has 19 heavy (non-hydrogen) atoms. The standard InChI is InChI=1S/C15H14N2O2/c18-15(17-13-7-3-4-9-16-13)14-12-6-2-1-5-11(12)8-10-19-14/h1-7,9,14H,8,10H2,(H,16,17,18)/t14-/m1/s1. The van der Waals surface area contributed by atoms with Crippen LogP contribution in [0.4, 0.5) is 5.82 Å². The number of carbonyl (C=O) groups excluding carboxylic acids is 1. The molecule has 0 radical (unpaired) electrons. The van der Waals surface area contributed by atoms with Crippen LogP contribution in [-0.4, -0.2) is 17.5 Å². The van der Waals surface area contributed by atoms with Gasteiger partial charge in [-0.1, -0.05) is 30.3 Å². The van der Waals surface area contributed by atoms with Crippen LogP contribution in [0.3, 0.4) is 0 Å². The Morgan fingerprint density at radius 3 is 2.89 bits per heavy atom. The van der Waals surface area contributed by atoms with Crippen molar-refractivity contribution in [2.45, 2.75) is 12.5 Å². The zero-order valence-corrected chi connectivity index (χ0v) is 10.4. The average Bonchev–Trinajstić information content (AvgIpc) is 2.47. The summed E-state index contributed by atoms with van der Waals surface area (Å²) in [5.74, 6) is 0.366. The second-order valence-corrected chi connectivity index (χ2v) is 4.40. The van der Waals surface area contributed by atoms with Gasteiger partial charge < -0.3 is 10.1 Å². The summed E-state index contributed by atoms with van der Waals surface area (Å²) in [4.78, 5) is 16.3. The van der Waals surface area contributed by atoms with Crippen LogP contribution in [0.1, 0.15) is 17.2 Å². The van der Waals surface area contributed by atoms with Gasteiger partial charge in [-0.15, -0.1) is 0 Å². The first-order valence-corrected chi connectivity index (χ1v) is 6.26. The summed E-state index contributed by atoms with van der Waals surface area (Å²) in [6, 6.07) is 13.3. The molecule has 0 saturated heterocycles. The molecule has 0 unspecified atom stereocenters. The SMILES string of the molecule is O=C(Nc1ccccn1)[C@@H]1OCCc2ccccc21. The second kappa shape index (κ2) is 5.20. The molecule has 1 aromatic heterocycles. The van der Waals surface area contributed by atoms with E-state index in [4.69, 9.17) is 4.74 Å². The number of pyridine rings is 1. The average molecular weight is 254 g/mol. The molecule has 1 aromatic carbocycles. The van der Waals surface area contributed by atoms with Crippen LogP contribution in [0, 0.1) is 0 Å². The van der Waals surface area contributed by atoms with Gasteiger partial charge >= 0.3 is 0 Å². The number of carbonyl (C=O) groups is 1. The molecule has 4 heteroatoms. The van der Waals surface area contributed by atoms with Crippen molar-refractivity contribution in [2.24, 2.45) is 0 Å². The normalized spacial score (nSPS) is 17.6. The molecule has 2 aromatic rings. The minimum Gasteiger partial charge on any atom is -0.363 e. The zero-order chi connectivity index (χ0) is 13.1. The van der Waals surface area contributed by atoms with Gasteiger partial charge in [-0.05, 0) is 29.7 Å². The van der Waals surface area contributed by atoms with Gasteiger partial charge in [0.05, 0.1) is 6.61 Å². The van der Waals surface area contributed by atoms with E-state index in [1.807, 2.05) is 36.4 Å². The van der Waals surface area contributed by atoms with E-state index in [9.17, 15) is 4.79 Å². The molecule has 1 amide bonds. The highest BCUT2D eigenvalue weighted by Crippen LogP contribution is 2.27. The van der Waals surface area contributed by atoms with E-state index in [1.165, 1.54) is 5.56 Å². The number of anilines is 1. The van der Waals surface area contributed by atoms with E-state index in [-0.39, 0.29) is 5.91 Å². The minimum absolute atomic E-state index is 0.175. The third-order valence-electron chi connectivity index (χ3n) is 3.15. The molecule has 1 atom stereocenters. The smallest absolute Gasteiger partial charge is 0.259 e. The number of ether oxygens (including phenoxy) is 1. The van der Waals surface area contributed by atoms with Crippen LogP contribution < -0.4 is 5.32 Å². The molecule has 0 aliphatic carbocycles. The Morgan fingerprint density at radius 2 is 2.05 bits per heavy atom. The maximum Gasteiger partial charge on any atom is 0.259 e. The second-order valence-electron chi connectivity index (χ2n) is 4.40. The van der Waals surface area contributed by atoms with Gasteiger partial charge in [0.1, 0.15) is 5.82 Å². The van der Waals surface area contributed by atoms with Crippen LogP contribution in [0.25, 0.3) is 0 Å². The van der Waals surface area contributed by atoms with Crippen LogP contribution in [0.2, 0.25) is 0 Å². The first-order valence-electron chi connectivity index (χ1n) is 6.26. The summed E-state index contributed by atoms with van der Waals surface area (Å²) in [7, 11) is 0. The number of nitrogens with one attached hydrogen (secondary N) is 1. The Kier molecular flexibility index (Phi) is 3.25. The summed E-state index contributed by atoms with van der Waals surface area (Å²) in [6.45, 7) is 0.567. The largest absolute Gasteiger partial charge is 0.363 e. The Balaban J connectivity index is 1.82. The van der Waals surface area contributed by atoms with Crippen LogP contribution in [0.5, 0.6) is 0 Å². The number of rotatable bonds is 2. The number of nitrogens with zero attached hydrogens (tertiary/aromatic N) is 1. The van der Waals surface area contributed by atoms with E-state index in [1.54, 1.807) is 12.3 Å². The van der Waals surface area contributed by atoms with Crippen LogP contribution in [0.15, 0.2) is 48.7 Å². The summed E-state index contributed by atoms with van der Waals surface area (Å²) in [6.07, 6.45) is 1.95. The molecule has 0 bridgehead atoms. The van der Waals surface area contributed by atoms with E-state index < -0.39 is 6.10 Å². The van der Waals surface area contributed by atoms with Crippen molar-refractivity contribution in [1.29, 1.82) is 0 Å². The van der Waals surface area contributed by atoms with Crippen molar-refractivity contribution in [1.82, 2.24) is 4.98 Å². The predicted octanol–water partition coefficient (Wildman–Crippen LogP) is 2.33. The number of hydrogen-bond acceptors (Lipinski definition) is 3. The van der Waals surface area contributed by atoms with Crippen LogP contribution in [-0.2, 0) is 16.0 Å². The molecular weight excluding hydrogens is 240 g/mol. The predicted molar refractivity (Wildman–Crippen MR) is 71.7 cm³/mol. The first kappa shape index (κ1) is 11.9. The van der Waals surface area contributed by atoms with E-state index in [0.717, 1.165) is 12.0 Å². The van der Waals surface area contributed by atoms with E-state index in [0.29, 0.717) is 12.4 Å². The Bertz CT molecular complexity index is 584. The van der Waals surface area contributed by atoms with E-state index in [2.05, 4.69) is 10.3 Å². The summed E-state index contributed by atoms with van der Waals surface area (Å²) in [5, 5.41) is 2.78. The lowest BCUT2D eigenvalue weighted by Gasteiger charge is -2.24. The van der Waals surface area contributed by atoms with Gasteiger partial charge in [0.2, 0.25) is 0 Å². The minimum atomic E-state index is -0.549. The van der Waals surface area contributed by atoms with Crippen molar-refractivity contribution in [3.63, 3.8) is 0 Å². The summed E-state index contributed by atoms with van der Waals surface area (Å²) in [5.41, 5.74) is 2.12. The van der Waals surface area contributed by atoms with Gasteiger partial charge in [0.25, 0.3) is 5.91 Å². The topological polar surface area (TPSA) is 51.2 Å². The quantitative estimate of drug-likeness (QED) is 0.894. The maximum absolute atomic E-state index is 12.3. The van der Waals surface area contributed by atoms with Gasteiger partial charge in [0, 0.05) is 6.20 Å². The first-order chi connectivity index (χ1) is 9.34. The molecule has 0 spiro atoms. The van der Waals surface area contributed by atoms with Crippen molar-refractivity contribution in [2.75, 3.05) is 11.9 Å². The third kappa shape index (κ3) is 2.48. The molecule has 2 heterocycles. The molecule has 3 rings (SSSR count). The number of amides is 1. The van der Waals surface area contributed by atoms with Crippen molar-refractivity contribution < 1.29 is 9.53 Å². The van der Waals surface area contributed by atoms with Crippen molar-refractivity contribution in [3.05, 3.63) is 59.8 Å². The lowest BCUT2D eigenvalue weighted by atomic mass is 9.97. The highest BCUT2D eigenvalue weighted by Gasteiger charge is 2.27. The Hall–Kier alpha value is -2.20. The van der Waals surface area contributed by atoms with Crippen molar-refractivity contribution in [3.8, 4) is 0 Å². The van der Waals surface area contributed by atoms with Gasteiger partial charge in [-0.25, -0.2) is 4.98 Å². The zero-order valence-electron chi connectivity index (χ0n) is 10.4. The molecule has 96 valence electrons. The fourth-order valence-electron chi connectivity index (χ4n) is 2.24. The summed E-state index contributed by atoms with van der Waals surface area (Å²) >= 11 is 0. The fraction of sp³-hybridized carbons (Fsp3) is 0.200. The molecule has 1 N–H and O–H groups in total. The van der Waals surface area contributed by atoms with Crippen molar-refractivity contribution >= 4 is 11.7 Å². The maximum atomic E-state index is 12.3. The van der Waals surface area contributed by atoms with E-state index >= 15 is 0 Å². The van der Waals surface area contributed by atoms with Gasteiger partial charge in [-0.2, -0.15) is 0 Å². The fourth-order valence-corrected chi connectivity index (χ4v) is 2.24. The Morgan fingerprint density at radius 1 is 1.21 bits per heavy atom. The number of aromatic nitrogens is 1. The monoisotopic (exact) mass is 254 g/mol. The highest BCUT2D eigenvalue weighted by atomic mass is 16.5. The number of benzene rings is 1. The molecule has 4 nitrogen and oxygen atoms in total.